The lowest BCUT2D eigenvalue weighted by Crippen LogP contribution is -2.43. The molecule has 7 heteroatoms. The van der Waals surface area contributed by atoms with Crippen molar-refractivity contribution in [1.82, 2.24) is 15.2 Å². The molecule has 0 radical (unpaired) electrons. The molecular weight excluding hydrogens is 376 g/mol. The number of aromatic nitrogens is 1. The van der Waals surface area contributed by atoms with Gasteiger partial charge in [0.15, 0.2) is 0 Å². The maximum atomic E-state index is 13.7. The van der Waals surface area contributed by atoms with Crippen molar-refractivity contribution < 1.29 is 18.3 Å². The first-order valence-electron chi connectivity index (χ1n) is 9.97. The molecule has 0 saturated carbocycles. The third kappa shape index (κ3) is 5.97. The van der Waals surface area contributed by atoms with Gasteiger partial charge < -0.3 is 15.0 Å². The molecule has 1 fully saturated rings. The van der Waals surface area contributed by atoms with Gasteiger partial charge in [-0.1, -0.05) is 0 Å². The normalized spacial score (nSPS) is 17.3. The van der Waals surface area contributed by atoms with Gasteiger partial charge >= 0.3 is 0 Å². The fourth-order valence-electron chi connectivity index (χ4n) is 3.49. The van der Waals surface area contributed by atoms with E-state index in [2.05, 4.69) is 29.0 Å². The number of ether oxygens (including phenoxy) is 1. The highest BCUT2D eigenvalue weighted by molar-refractivity contribution is 5.92. The van der Waals surface area contributed by atoms with Crippen molar-refractivity contribution in [2.45, 2.75) is 39.3 Å². The van der Waals surface area contributed by atoms with E-state index in [0.29, 0.717) is 24.3 Å². The van der Waals surface area contributed by atoms with Gasteiger partial charge in [0, 0.05) is 43.0 Å². The molecule has 1 unspecified atom stereocenters. The SMILES string of the molecule is CC(C)N1CCCC(CNC(=O)c2cc(OCc3ccc(F)cc3F)ccn2)C1. The summed E-state index contributed by atoms with van der Waals surface area (Å²) in [6.07, 6.45) is 3.72. The first kappa shape index (κ1) is 21.2. The minimum absolute atomic E-state index is 0.0652. The van der Waals surface area contributed by atoms with Gasteiger partial charge in [-0.15, -0.1) is 0 Å². The molecule has 0 spiro atoms. The Labute approximate surface area is 170 Å². The Morgan fingerprint density at radius 1 is 1.31 bits per heavy atom. The Kier molecular flexibility index (Phi) is 7.14. The van der Waals surface area contributed by atoms with Crippen LogP contribution in [0.2, 0.25) is 0 Å². The van der Waals surface area contributed by atoms with Gasteiger partial charge in [-0.3, -0.25) is 9.78 Å². The number of carbonyl (C=O) groups excluding carboxylic acids is 1. The zero-order valence-electron chi connectivity index (χ0n) is 16.8. The van der Waals surface area contributed by atoms with Crippen molar-refractivity contribution in [2.24, 2.45) is 5.92 Å². The second kappa shape index (κ2) is 9.78. The minimum atomic E-state index is -0.667. The predicted octanol–water partition coefficient (Wildman–Crippen LogP) is 3.79. The second-order valence-electron chi connectivity index (χ2n) is 7.71. The molecular formula is C22H27F2N3O2. The largest absolute Gasteiger partial charge is 0.489 e. The van der Waals surface area contributed by atoms with E-state index in [9.17, 15) is 13.6 Å². The van der Waals surface area contributed by atoms with E-state index in [1.54, 1.807) is 6.07 Å². The van der Waals surface area contributed by atoms with Crippen molar-refractivity contribution in [3.8, 4) is 5.75 Å². The van der Waals surface area contributed by atoms with Gasteiger partial charge in [0.25, 0.3) is 5.91 Å². The molecule has 1 aliphatic rings. The number of hydrogen-bond acceptors (Lipinski definition) is 4. The molecule has 3 rings (SSSR count). The van der Waals surface area contributed by atoms with Crippen LogP contribution in [0.3, 0.4) is 0 Å². The lowest BCUT2D eigenvalue weighted by atomic mass is 9.97. The summed E-state index contributed by atoms with van der Waals surface area (Å²) in [6.45, 7) is 7.01. The van der Waals surface area contributed by atoms with Gasteiger partial charge in [0.1, 0.15) is 29.7 Å². The highest BCUT2D eigenvalue weighted by atomic mass is 19.1. The Hall–Kier alpha value is -2.54. The topological polar surface area (TPSA) is 54.5 Å². The molecule has 1 N–H and O–H groups in total. The number of pyridine rings is 1. The van der Waals surface area contributed by atoms with Gasteiger partial charge in [-0.25, -0.2) is 8.78 Å². The Morgan fingerprint density at radius 3 is 2.90 bits per heavy atom. The zero-order chi connectivity index (χ0) is 20.8. The zero-order valence-corrected chi connectivity index (χ0v) is 16.8. The summed E-state index contributed by atoms with van der Waals surface area (Å²) in [5, 5.41) is 2.96. The van der Waals surface area contributed by atoms with Crippen LogP contribution in [0.4, 0.5) is 8.78 Å². The summed E-state index contributed by atoms with van der Waals surface area (Å²) < 4.78 is 32.2. The van der Waals surface area contributed by atoms with Gasteiger partial charge in [-0.05, 0) is 57.4 Å². The van der Waals surface area contributed by atoms with E-state index in [-0.39, 0.29) is 23.8 Å². The summed E-state index contributed by atoms with van der Waals surface area (Å²) in [4.78, 5) is 19.0. The van der Waals surface area contributed by atoms with Crippen LogP contribution in [0.5, 0.6) is 5.75 Å². The minimum Gasteiger partial charge on any atom is -0.489 e. The van der Waals surface area contributed by atoms with Crippen molar-refractivity contribution >= 4 is 5.91 Å². The standard InChI is InChI=1S/C22H27F2N3O2/c1-15(2)27-9-3-4-16(13-27)12-26-22(28)21-11-19(7-8-25-21)29-14-17-5-6-18(23)10-20(17)24/h5-8,10-11,15-16H,3-4,9,12-14H2,1-2H3,(H,26,28). The number of hydrogen-bond donors (Lipinski definition) is 1. The summed E-state index contributed by atoms with van der Waals surface area (Å²) in [6, 6.07) is 6.96. The van der Waals surface area contributed by atoms with Crippen LogP contribution >= 0.6 is 0 Å². The summed E-state index contributed by atoms with van der Waals surface area (Å²) in [7, 11) is 0. The van der Waals surface area contributed by atoms with Crippen LogP contribution in [0.15, 0.2) is 36.5 Å². The third-order valence-corrected chi connectivity index (χ3v) is 5.21. The average Bonchev–Trinajstić information content (AvgIpc) is 2.72. The van der Waals surface area contributed by atoms with Gasteiger partial charge in [-0.2, -0.15) is 0 Å². The Balaban J connectivity index is 1.53. The molecule has 0 bridgehead atoms. The molecule has 1 atom stereocenters. The maximum Gasteiger partial charge on any atom is 0.270 e. The van der Waals surface area contributed by atoms with Crippen LogP contribution in [-0.2, 0) is 6.61 Å². The summed E-state index contributed by atoms with van der Waals surface area (Å²) in [5.41, 5.74) is 0.486. The highest BCUT2D eigenvalue weighted by Gasteiger charge is 2.22. The number of halogens is 2. The molecule has 1 amide bonds. The van der Waals surface area contributed by atoms with E-state index in [1.165, 1.54) is 24.4 Å². The van der Waals surface area contributed by atoms with Gasteiger partial charge in [0.2, 0.25) is 0 Å². The third-order valence-electron chi connectivity index (χ3n) is 5.21. The monoisotopic (exact) mass is 403 g/mol. The second-order valence-corrected chi connectivity index (χ2v) is 7.71. The number of benzene rings is 1. The fourth-order valence-corrected chi connectivity index (χ4v) is 3.49. The smallest absolute Gasteiger partial charge is 0.270 e. The molecule has 1 aliphatic heterocycles. The quantitative estimate of drug-likeness (QED) is 0.764. The first-order valence-corrected chi connectivity index (χ1v) is 9.97. The van der Waals surface area contributed by atoms with Crippen LogP contribution in [0, 0.1) is 17.6 Å². The Bertz CT molecular complexity index is 845. The number of piperidine rings is 1. The first-order chi connectivity index (χ1) is 13.9. The summed E-state index contributed by atoms with van der Waals surface area (Å²) in [5.74, 6) is -0.734. The molecule has 2 heterocycles. The van der Waals surface area contributed by atoms with E-state index in [1.807, 2.05) is 0 Å². The number of nitrogens with zero attached hydrogens (tertiary/aromatic N) is 2. The Morgan fingerprint density at radius 2 is 2.14 bits per heavy atom. The van der Waals surface area contributed by atoms with Crippen LogP contribution in [-0.4, -0.2) is 41.5 Å². The number of likely N-dealkylation sites (tertiary alicyclic amines) is 1. The number of rotatable bonds is 7. The van der Waals surface area contributed by atoms with E-state index >= 15 is 0 Å². The highest BCUT2D eigenvalue weighted by Crippen LogP contribution is 2.19. The molecule has 1 aromatic carbocycles. The number of nitrogens with one attached hydrogen (secondary N) is 1. The van der Waals surface area contributed by atoms with E-state index in [4.69, 9.17) is 4.74 Å². The van der Waals surface area contributed by atoms with E-state index in [0.717, 1.165) is 32.0 Å². The van der Waals surface area contributed by atoms with Crippen molar-refractivity contribution in [3.63, 3.8) is 0 Å². The van der Waals surface area contributed by atoms with Crippen molar-refractivity contribution in [3.05, 3.63) is 59.4 Å². The van der Waals surface area contributed by atoms with Crippen LogP contribution in [0.1, 0.15) is 42.7 Å². The van der Waals surface area contributed by atoms with Crippen LogP contribution in [0.25, 0.3) is 0 Å². The molecule has 1 aromatic heterocycles. The molecule has 2 aromatic rings. The molecule has 0 aliphatic carbocycles. The fraction of sp³-hybridized carbons (Fsp3) is 0.455. The van der Waals surface area contributed by atoms with Gasteiger partial charge in [0.05, 0.1) is 0 Å². The molecule has 1 saturated heterocycles. The number of carbonyl (C=O) groups is 1. The molecule has 5 nitrogen and oxygen atoms in total. The van der Waals surface area contributed by atoms with E-state index < -0.39 is 11.6 Å². The maximum absolute atomic E-state index is 13.7. The summed E-state index contributed by atoms with van der Waals surface area (Å²) >= 11 is 0. The average molecular weight is 403 g/mol. The molecule has 156 valence electrons. The van der Waals surface area contributed by atoms with Crippen LogP contribution < -0.4 is 10.1 Å². The van der Waals surface area contributed by atoms with Crippen molar-refractivity contribution in [1.29, 1.82) is 0 Å². The lowest BCUT2D eigenvalue weighted by molar-refractivity contribution is 0.0917. The lowest BCUT2D eigenvalue weighted by Gasteiger charge is -2.35. The van der Waals surface area contributed by atoms with Crippen molar-refractivity contribution in [2.75, 3.05) is 19.6 Å². The molecule has 29 heavy (non-hydrogen) atoms. The predicted molar refractivity (Wildman–Crippen MR) is 107 cm³/mol. The number of amides is 1.